The van der Waals surface area contributed by atoms with E-state index in [9.17, 15) is 4.57 Å². The molecule has 0 aliphatic heterocycles. The third-order valence-electron chi connectivity index (χ3n) is 1.50. The molecule has 0 radical (unpaired) electrons. The van der Waals surface area contributed by atoms with E-state index in [1.54, 1.807) is 0 Å². The molecule has 0 aliphatic carbocycles. The molecular formula is C8H15O3P. The average Bonchev–Trinajstić information content (AvgIpc) is 2.02. The maximum Gasteiger partial charge on any atom is 0.317 e. The number of hydrogen-bond donors (Lipinski definition) is 1. The third-order valence-corrected chi connectivity index (χ3v) is 1.98. The highest BCUT2D eigenvalue weighted by molar-refractivity contribution is 7.32. The van der Waals surface area contributed by atoms with Gasteiger partial charge in [0.1, 0.15) is 6.10 Å². The summed E-state index contributed by atoms with van der Waals surface area (Å²) in [4.78, 5) is 8.44. The molecule has 0 bridgehead atoms. The lowest BCUT2D eigenvalue weighted by Gasteiger charge is -2.07. The second-order valence-corrected chi connectivity index (χ2v) is 3.30. The van der Waals surface area contributed by atoms with Gasteiger partial charge in [-0.15, -0.1) is 6.42 Å². The molecule has 0 aromatic heterocycles. The Labute approximate surface area is 74.1 Å². The molecule has 0 rings (SSSR count). The SMILES string of the molecule is C#CC(CCCCC)O[PH](=O)O. The number of unbranched alkanes of at least 4 members (excludes halogenated alkanes) is 2. The van der Waals surface area contributed by atoms with Crippen molar-refractivity contribution in [2.24, 2.45) is 0 Å². The van der Waals surface area contributed by atoms with E-state index in [0.29, 0.717) is 6.42 Å². The zero-order valence-electron chi connectivity index (χ0n) is 7.25. The van der Waals surface area contributed by atoms with Crippen LogP contribution in [0.3, 0.4) is 0 Å². The van der Waals surface area contributed by atoms with Crippen LogP contribution in [0.2, 0.25) is 0 Å². The molecular weight excluding hydrogens is 175 g/mol. The van der Waals surface area contributed by atoms with Crippen molar-refractivity contribution in [3.63, 3.8) is 0 Å². The van der Waals surface area contributed by atoms with Gasteiger partial charge in [-0.3, -0.25) is 9.09 Å². The lowest BCUT2D eigenvalue weighted by molar-refractivity contribution is 0.224. The van der Waals surface area contributed by atoms with Crippen molar-refractivity contribution in [2.75, 3.05) is 0 Å². The van der Waals surface area contributed by atoms with Gasteiger partial charge in [-0.1, -0.05) is 25.7 Å². The fourth-order valence-corrected chi connectivity index (χ4v) is 1.31. The summed E-state index contributed by atoms with van der Waals surface area (Å²) < 4.78 is 14.9. The lowest BCUT2D eigenvalue weighted by Crippen LogP contribution is -2.05. The normalized spacial score (nSPS) is 15.1. The van der Waals surface area contributed by atoms with Crippen LogP contribution in [0.5, 0.6) is 0 Å². The van der Waals surface area contributed by atoms with Crippen LogP contribution < -0.4 is 0 Å². The van der Waals surface area contributed by atoms with Gasteiger partial charge in [0.25, 0.3) is 0 Å². The highest BCUT2D eigenvalue weighted by Gasteiger charge is 2.06. The molecule has 4 heteroatoms. The molecule has 0 fully saturated rings. The maximum atomic E-state index is 10.3. The van der Waals surface area contributed by atoms with E-state index in [1.165, 1.54) is 0 Å². The minimum atomic E-state index is -2.87. The lowest BCUT2D eigenvalue weighted by atomic mass is 10.1. The van der Waals surface area contributed by atoms with Crippen LogP contribution in [0.1, 0.15) is 32.6 Å². The van der Waals surface area contributed by atoms with E-state index in [1.807, 2.05) is 0 Å². The van der Waals surface area contributed by atoms with E-state index in [2.05, 4.69) is 17.4 Å². The van der Waals surface area contributed by atoms with Crippen LogP contribution in [-0.2, 0) is 9.09 Å². The van der Waals surface area contributed by atoms with Crippen molar-refractivity contribution in [2.45, 2.75) is 38.7 Å². The molecule has 70 valence electrons. The zero-order chi connectivity index (χ0) is 9.40. The number of hydrogen-bond acceptors (Lipinski definition) is 2. The molecule has 0 saturated heterocycles. The van der Waals surface area contributed by atoms with Crippen molar-refractivity contribution in [1.29, 1.82) is 0 Å². The molecule has 0 spiro atoms. The monoisotopic (exact) mass is 190 g/mol. The Morgan fingerprint density at radius 1 is 1.67 bits per heavy atom. The van der Waals surface area contributed by atoms with Crippen molar-refractivity contribution in [3.8, 4) is 12.3 Å². The van der Waals surface area contributed by atoms with Gasteiger partial charge < -0.3 is 4.89 Å². The smallest absolute Gasteiger partial charge is 0.317 e. The van der Waals surface area contributed by atoms with Gasteiger partial charge in [0.15, 0.2) is 0 Å². The Bertz CT molecular complexity index is 174. The van der Waals surface area contributed by atoms with Gasteiger partial charge in [0, 0.05) is 0 Å². The molecule has 2 atom stereocenters. The van der Waals surface area contributed by atoms with Gasteiger partial charge in [-0.2, -0.15) is 0 Å². The second-order valence-electron chi connectivity index (χ2n) is 2.53. The molecule has 0 saturated carbocycles. The predicted molar refractivity (Wildman–Crippen MR) is 49.1 cm³/mol. The van der Waals surface area contributed by atoms with Crippen molar-refractivity contribution >= 4 is 8.25 Å². The molecule has 1 N–H and O–H groups in total. The molecule has 0 aromatic rings. The predicted octanol–water partition coefficient (Wildman–Crippen LogP) is 1.97. The minimum absolute atomic E-state index is 0.493. The number of terminal acetylenes is 1. The molecule has 0 amide bonds. The average molecular weight is 190 g/mol. The summed E-state index contributed by atoms with van der Waals surface area (Å²) in [6.45, 7) is 2.08. The van der Waals surface area contributed by atoms with Crippen LogP contribution in [0.4, 0.5) is 0 Å². The van der Waals surface area contributed by atoms with Gasteiger partial charge in [-0.25, -0.2) is 0 Å². The highest BCUT2D eigenvalue weighted by atomic mass is 31.1. The van der Waals surface area contributed by atoms with E-state index >= 15 is 0 Å². The molecule has 3 nitrogen and oxygen atoms in total. The summed E-state index contributed by atoms with van der Waals surface area (Å²) in [5.74, 6) is 2.34. The molecule has 12 heavy (non-hydrogen) atoms. The van der Waals surface area contributed by atoms with E-state index in [-0.39, 0.29) is 0 Å². The van der Waals surface area contributed by atoms with Crippen molar-refractivity contribution < 1.29 is 14.0 Å². The topological polar surface area (TPSA) is 46.5 Å². The van der Waals surface area contributed by atoms with Crippen LogP contribution in [0, 0.1) is 12.3 Å². The van der Waals surface area contributed by atoms with Crippen molar-refractivity contribution in [1.82, 2.24) is 0 Å². The quantitative estimate of drug-likeness (QED) is 0.395. The first-order chi connectivity index (χ1) is 5.70. The van der Waals surface area contributed by atoms with Gasteiger partial charge in [0.05, 0.1) is 0 Å². The summed E-state index contributed by atoms with van der Waals surface area (Å²) in [6.07, 6.45) is 8.39. The van der Waals surface area contributed by atoms with Crippen LogP contribution in [-0.4, -0.2) is 11.0 Å². The molecule has 0 heterocycles. The van der Waals surface area contributed by atoms with E-state index in [0.717, 1.165) is 19.3 Å². The van der Waals surface area contributed by atoms with E-state index in [4.69, 9.17) is 11.3 Å². The second kappa shape index (κ2) is 7.36. The zero-order valence-corrected chi connectivity index (χ0v) is 8.25. The fourth-order valence-electron chi connectivity index (χ4n) is 0.878. The first kappa shape index (κ1) is 11.7. The summed E-state index contributed by atoms with van der Waals surface area (Å²) in [6, 6.07) is 0. The van der Waals surface area contributed by atoms with Gasteiger partial charge in [-0.05, 0) is 12.8 Å². The number of rotatable bonds is 6. The standard InChI is InChI=1S/C8H15O3P/c1-3-5-6-7-8(4-2)11-12(9)10/h2,8,12H,3,5-7H2,1H3,(H,9,10). The minimum Gasteiger partial charge on any atom is -0.326 e. The summed E-state index contributed by atoms with van der Waals surface area (Å²) in [7, 11) is -2.87. The Hall–Kier alpha value is -0.290. The molecule has 0 aromatic carbocycles. The van der Waals surface area contributed by atoms with Crippen molar-refractivity contribution in [3.05, 3.63) is 0 Å². The Morgan fingerprint density at radius 2 is 2.33 bits per heavy atom. The third kappa shape index (κ3) is 6.42. The summed E-state index contributed by atoms with van der Waals surface area (Å²) in [5.41, 5.74) is 0. The summed E-state index contributed by atoms with van der Waals surface area (Å²) >= 11 is 0. The van der Waals surface area contributed by atoms with Crippen LogP contribution >= 0.6 is 8.25 Å². The van der Waals surface area contributed by atoms with Crippen LogP contribution in [0.15, 0.2) is 0 Å². The maximum absolute atomic E-state index is 10.3. The van der Waals surface area contributed by atoms with Crippen LogP contribution in [0.25, 0.3) is 0 Å². The first-order valence-corrected chi connectivity index (χ1v) is 5.32. The largest absolute Gasteiger partial charge is 0.326 e. The molecule has 2 unspecified atom stereocenters. The van der Waals surface area contributed by atoms with E-state index < -0.39 is 14.4 Å². The Morgan fingerprint density at radius 3 is 2.75 bits per heavy atom. The summed E-state index contributed by atoms with van der Waals surface area (Å²) in [5, 5.41) is 0. The molecule has 0 aliphatic rings. The van der Waals surface area contributed by atoms with Gasteiger partial charge in [0.2, 0.25) is 0 Å². The Balaban J connectivity index is 3.55. The Kier molecular flexibility index (Phi) is 7.19. The highest BCUT2D eigenvalue weighted by Crippen LogP contribution is 2.20. The van der Waals surface area contributed by atoms with Gasteiger partial charge >= 0.3 is 8.25 Å². The first-order valence-electron chi connectivity index (χ1n) is 4.06. The fraction of sp³-hybridized carbons (Fsp3) is 0.750.